The van der Waals surface area contributed by atoms with E-state index in [1.165, 1.54) is 19.3 Å². The quantitative estimate of drug-likeness (QED) is 0.382. The average molecular weight is 484 g/mol. The highest BCUT2D eigenvalue weighted by Gasteiger charge is 2.38. The number of nitrogens with zero attached hydrogens (tertiary/aromatic N) is 3. The minimum Gasteiger partial charge on any atom is -0.477 e. The van der Waals surface area contributed by atoms with Gasteiger partial charge >= 0.3 is 12.0 Å². The Hall–Kier alpha value is -3.91. The Bertz CT molecular complexity index is 1480. The molecule has 6 rings (SSSR count). The number of nitrogens with one attached hydrogen (secondary N) is 1. The maximum Gasteiger partial charge on any atom is 0.352 e. The molecule has 36 heavy (non-hydrogen) atoms. The number of nitrogens with two attached hydrogens (primary N) is 1. The molecule has 2 aromatic heterocycles. The van der Waals surface area contributed by atoms with Crippen molar-refractivity contribution in [1.29, 1.82) is 0 Å². The van der Waals surface area contributed by atoms with Crippen molar-refractivity contribution in [3.63, 3.8) is 0 Å². The van der Waals surface area contributed by atoms with Gasteiger partial charge in [0, 0.05) is 30.7 Å². The molecule has 2 fully saturated rings. The van der Waals surface area contributed by atoms with Crippen molar-refractivity contribution in [3.05, 3.63) is 71.5 Å². The normalized spacial score (nSPS) is 19.2. The molecule has 4 N–H and O–H groups in total. The third kappa shape index (κ3) is 3.97. The first-order valence-electron chi connectivity index (χ1n) is 12.5. The summed E-state index contributed by atoms with van der Waals surface area (Å²) >= 11 is 0. The summed E-state index contributed by atoms with van der Waals surface area (Å²) in [6, 6.07) is 17.1. The fourth-order valence-corrected chi connectivity index (χ4v) is 5.98. The van der Waals surface area contributed by atoms with Gasteiger partial charge in [-0.15, -0.1) is 0 Å². The summed E-state index contributed by atoms with van der Waals surface area (Å²) in [5.41, 5.74) is 8.84. The number of anilines is 1. The van der Waals surface area contributed by atoms with Gasteiger partial charge < -0.3 is 25.6 Å². The summed E-state index contributed by atoms with van der Waals surface area (Å²) in [5, 5.41) is 15.7. The van der Waals surface area contributed by atoms with Crippen molar-refractivity contribution in [2.24, 2.45) is 17.6 Å². The van der Waals surface area contributed by atoms with E-state index in [1.54, 1.807) is 10.6 Å². The van der Waals surface area contributed by atoms with Gasteiger partial charge in [-0.3, -0.25) is 0 Å². The number of amides is 2. The standard InChI is InChI=1S/C28H29N5O3/c29-13-22-9-8-18-12-25(27(34)35)33(26(18)30-22)16-21-11-23(10-17-4-1-2-7-24(17)21)31-28(36)32-14-19-5-3-6-20(19)15-32/h1-2,4,7-12,19-20H,3,5-6,13-16,29H2,(H,31,36)(H,34,35). The first-order chi connectivity index (χ1) is 17.5. The van der Waals surface area contributed by atoms with Crippen molar-refractivity contribution in [3.8, 4) is 0 Å². The number of aromatic nitrogens is 2. The van der Waals surface area contributed by atoms with Crippen LogP contribution >= 0.6 is 0 Å². The van der Waals surface area contributed by atoms with Gasteiger partial charge in [0.15, 0.2) is 0 Å². The van der Waals surface area contributed by atoms with Crippen LogP contribution in [0.25, 0.3) is 21.8 Å². The molecule has 184 valence electrons. The second kappa shape index (κ2) is 8.95. The van der Waals surface area contributed by atoms with E-state index in [0.717, 1.165) is 34.8 Å². The fraction of sp³-hybridized carbons (Fsp3) is 0.321. The van der Waals surface area contributed by atoms with E-state index in [9.17, 15) is 14.7 Å². The molecular formula is C28H29N5O3. The third-order valence-electron chi connectivity index (χ3n) is 7.77. The van der Waals surface area contributed by atoms with Crippen molar-refractivity contribution in [2.45, 2.75) is 32.4 Å². The number of pyridine rings is 1. The van der Waals surface area contributed by atoms with Crippen molar-refractivity contribution < 1.29 is 14.7 Å². The summed E-state index contributed by atoms with van der Waals surface area (Å²) in [5.74, 6) is 0.242. The summed E-state index contributed by atoms with van der Waals surface area (Å²) in [7, 11) is 0. The smallest absolute Gasteiger partial charge is 0.352 e. The van der Waals surface area contributed by atoms with Gasteiger partial charge in [-0.1, -0.05) is 30.7 Å². The zero-order valence-corrected chi connectivity index (χ0v) is 20.0. The van der Waals surface area contributed by atoms with E-state index in [-0.39, 0.29) is 18.3 Å². The first kappa shape index (κ1) is 22.5. The molecule has 2 unspecified atom stereocenters. The minimum absolute atomic E-state index is 0.0717. The zero-order valence-electron chi connectivity index (χ0n) is 20.0. The lowest BCUT2D eigenvalue weighted by Crippen LogP contribution is -2.33. The first-order valence-corrected chi connectivity index (χ1v) is 12.5. The molecule has 2 amide bonds. The molecule has 3 heterocycles. The Labute approximate surface area is 208 Å². The number of hydrogen-bond acceptors (Lipinski definition) is 4. The Morgan fingerprint density at radius 2 is 1.81 bits per heavy atom. The van der Waals surface area contributed by atoms with Gasteiger partial charge in [0.05, 0.1) is 12.2 Å². The summed E-state index contributed by atoms with van der Waals surface area (Å²) < 4.78 is 1.71. The Morgan fingerprint density at radius 1 is 1.03 bits per heavy atom. The highest BCUT2D eigenvalue weighted by Crippen LogP contribution is 2.38. The number of likely N-dealkylation sites (tertiary alicyclic amines) is 1. The molecule has 1 saturated heterocycles. The lowest BCUT2D eigenvalue weighted by atomic mass is 10.0. The van der Waals surface area contributed by atoms with Gasteiger partial charge in [-0.05, 0) is 71.3 Å². The topological polar surface area (TPSA) is 113 Å². The highest BCUT2D eigenvalue weighted by molar-refractivity contribution is 5.96. The van der Waals surface area contributed by atoms with Crippen molar-refractivity contribution in [1.82, 2.24) is 14.5 Å². The number of benzene rings is 2. The Kier molecular flexibility index (Phi) is 5.60. The number of carboxylic acid groups (broad SMARTS) is 1. The van der Waals surface area contributed by atoms with E-state index in [4.69, 9.17) is 5.73 Å². The van der Waals surface area contributed by atoms with Crippen LogP contribution in [0.1, 0.15) is 41.0 Å². The van der Waals surface area contributed by atoms with E-state index >= 15 is 0 Å². The molecule has 0 bridgehead atoms. The van der Waals surface area contributed by atoms with E-state index in [2.05, 4.69) is 10.3 Å². The van der Waals surface area contributed by atoms with Crippen LogP contribution in [0.4, 0.5) is 10.5 Å². The van der Waals surface area contributed by atoms with Crippen LogP contribution in [0, 0.1) is 11.8 Å². The van der Waals surface area contributed by atoms with E-state index in [0.29, 0.717) is 35.4 Å². The number of fused-ring (bicyclic) bond motifs is 3. The second-order valence-corrected chi connectivity index (χ2v) is 9.98. The Morgan fingerprint density at radius 3 is 2.56 bits per heavy atom. The number of hydrogen-bond donors (Lipinski definition) is 3. The molecule has 8 nitrogen and oxygen atoms in total. The Balaban J connectivity index is 1.37. The highest BCUT2D eigenvalue weighted by atomic mass is 16.4. The number of rotatable bonds is 5. The summed E-state index contributed by atoms with van der Waals surface area (Å²) in [4.78, 5) is 31.8. The molecule has 1 aliphatic heterocycles. The van der Waals surface area contributed by atoms with Crippen LogP contribution in [-0.2, 0) is 13.1 Å². The van der Waals surface area contributed by atoms with E-state index < -0.39 is 5.97 Å². The molecule has 0 spiro atoms. The van der Waals surface area contributed by atoms with Crippen LogP contribution in [0.15, 0.2) is 54.6 Å². The second-order valence-electron chi connectivity index (χ2n) is 9.98. The molecule has 1 saturated carbocycles. The van der Waals surface area contributed by atoms with Crippen LogP contribution < -0.4 is 11.1 Å². The maximum absolute atomic E-state index is 13.1. The van der Waals surface area contributed by atoms with Gasteiger partial charge in [-0.2, -0.15) is 0 Å². The average Bonchev–Trinajstić information content (AvgIpc) is 3.58. The number of carbonyl (C=O) groups excluding carboxylic acids is 1. The number of aromatic carboxylic acids is 1. The molecule has 2 aliphatic rings. The zero-order chi connectivity index (χ0) is 24.8. The predicted octanol–water partition coefficient (Wildman–Crippen LogP) is 4.66. The molecule has 4 aromatic rings. The van der Waals surface area contributed by atoms with Crippen LogP contribution in [-0.4, -0.2) is 44.6 Å². The van der Waals surface area contributed by atoms with Crippen LogP contribution in [0.5, 0.6) is 0 Å². The van der Waals surface area contributed by atoms with E-state index in [1.807, 2.05) is 53.4 Å². The SMILES string of the molecule is NCc1ccc2cc(C(=O)O)n(Cc3cc(NC(=O)N4CC5CCCC5C4)cc4ccccc34)c2n1. The molecular weight excluding hydrogens is 454 g/mol. The number of carboxylic acids is 1. The minimum atomic E-state index is -1.02. The van der Waals surface area contributed by atoms with Crippen molar-refractivity contribution in [2.75, 3.05) is 18.4 Å². The van der Waals surface area contributed by atoms with Gasteiger partial charge in [0.2, 0.25) is 0 Å². The van der Waals surface area contributed by atoms with Gasteiger partial charge in [0.1, 0.15) is 11.3 Å². The van der Waals surface area contributed by atoms with Crippen molar-refractivity contribution >= 4 is 39.5 Å². The summed E-state index contributed by atoms with van der Waals surface area (Å²) in [6.45, 7) is 2.21. The molecule has 1 aliphatic carbocycles. The monoisotopic (exact) mass is 483 g/mol. The molecule has 2 aromatic carbocycles. The van der Waals surface area contributed by atoms with Gasteiger partial charge in [0.25, 0.3) is 0 Å². The lowest BCUT2D eigenvalue weighted by Gasteiger charge is -2.19. The predicted molar refractivity (Wildman–Crippen MR) is 139 cm³/mol. The van der Waals surface area contributed by atoms with Gasteiger partial charge in [-0.25, -0.2) is 14.6 Å². The summed E-state index contributed by atoms with van der Waals surface area (Å²) in [6.07, 6.45) is 3.70. The largest absolute Gasteiger partial charge is 0.477 e. The number of carbonyl (C=O) groups is 2. The number of urea groups is 1. The molecule has 0 radical (unpaired) electrons. The fourth-order valence-electron chi connectivity index (χ4n) is 5.98. The third-order valence-corrected chi connectivity index (χ3v) is 7.77. The molecule has 8 heteroatoms. The molecule has 2 atom stereocenters. The van der Waals surface area contributed by atoms with Crippen LogP contribution in [0.2, 0.25) is 0 Å². The lowest BCUT2D eigenvalue weighted by molar-refractivity contribution is 0.0686. The van der Waals surface area contributed by atoms with Crippen LogP contribution in [0.3, 0.4) is 0 Å². The maximum atomic E-state index is 13.1.